The lowest BCUT2D eigenvalue weighted by atomic mass is 10.1. The predicted molar refractivity (Wildman–Crippen MR) is 60.3 cm³/mol. The summed E-state index contributed by atoms with van der Waals surface area (Å²) >= 11 is 1.41. The lowest BCUT2D eigenvalue weighted by Gasteiger charge is -2.20. The van der Waals surface area contributed by atoms with Gasteiger partial charge >= 0.3 is 5.97 Å². The molecule has 0 aliphatic carbocycles. The zero-order chi connectivity index (χ0) is 13.1. The Morgan fingerprint density at radius 2 is 2.24 bits per heavy atom. The fraction of sp³-hybridized carbons (Fsp3) is 0.667. The van der Waals surface area contributed by atoms with Crippen molar-refractivity contribution in [3.8, 4) is 0 Å². The van der Waals surface area contributed by atoms with Crippen molar-refractivity contribution >= 4 is 29.5 Å². The van der Waals surface area contributed by atoms with Gasteiger partial charge in [-0.25, -0.2) is 4.79 Å². The largest absolute Gasteiger partial charge is 0.479 e. The summed E-state index contributed by atoms with van der Waals surface area (Å²) in [5.41, 5.74) is -2.00. The van der Waals surface area contributed by atoms with Crippen LogP contribution in [0.4, 0.5) is 0 Å². The Balaban J connectivity index is 2.35. The van der Waals surface area contributed by atoms with E-state index < -0.39 is 24.0 Å². The van der Waals surface area contributed by atoms with Crippen molar-refractivity contribution in [1.29, 1.82) is 0 Å². The van der Waals surface area contributed by atoms with Gasteiger partial charge < -0.3 is 20.4 Å². The van der Waals surface area contributed by atoms with E-state index >= 15 is 0 Å². The molecule has 1 aliphatic rings. The Hall–Kier alpha value is -1.28. The SMILES string of the molecule is CC(O)(CNC(=O)CN1CSCC1=O)C(=O)O. The maximum Gasteiger partial charge on any atom is 0.337 e. The number of carboxylic acids is 1. The van der Waals surface area contributed by atoms with E-state index in [-0.39, 0.29) is 12.5 Å². The summed E-state index contributed by atoms with van der Waals surface area (Å²) in [4.78, 5) is 34.5. The van der Waals surface area contributed by atoms with E-state index in [1.807, 2.05) is 0 Å². The van der Waals surface area contributed by atoms with Gasteiger partial charge in [0.2, 0.25) is 11.8 Å². The van der Waals surface area contributed by atoms with Crippen molar-refractivity contribution in [3.05, 3.63) is 0 Å². The monoisotopic (exact) mass is 262 g/mol. The van der Waals surface area contributed by atoms with Crippen LogP contribution in [0.1, 0.15) is 6.92 Å². The van der Waals surface area contributed by atoms with Crippen LogP contribution in [0.15, 0.2) is 0 Å². The lowest BCUT2D eigenvalue weighted by molar-refractivity contribution is -0.156. The zero-order valence-electron chi connectivity index (χ0n) is 9.30. The molecule has 0 bridgehead atoms. The van der Waals surface area contributed by atoms with Crippen LogP contribution in [0.2, 0.25) is 0 Å². The van der Waals surface area contributed by atoms with Crippen LogP contribution in [0.3, 0.4) is 0 Å². The second-order valence-corrected chi connectivity index (χ2v) is 4.88. The molecule has 0 spiro atoms. The number of thioether (sulfide) groups is 1. The molecule has 0 aromatic heterocycles. The maximum atomic E-state index is 11.4. The smallest absolute Gasteiger partial charge is 0.337 e. The molecule has 2 amide bonds. The van der Waals surface area contributed by atoms with Gasteiger partial charge in [-0.2, -0.15) is 0 Å². The first-order valence-corrected chi connectivity index (χ1v) is 6.06. The molecule has 96 valence electrons. The van der Waals surface area contributed by atoms with Crippen LogP contribution in [0.25, 0.3) is 0 Å². The minimum atomic E-state index is -2.00. The molecule has 1 aliphatic heterocycles. The van der Waals surface area contributed by atoms with E-state index in [2.05, 4.69) is 5.32 Å². The molecular weight excluding hydrogens is 248 g/mol. The molecule has 17 heavy (non-hydrogen) atoms. The van der Waals surface area contributed by atoms with Crippen LogP contribution in [0.5, 0.6) is 0 Å². The number of nitrogens with one attached hydrogen (secondary N) is 1. The van der Waals surface area contributed by atoms with Gasteiger partial charge in [0, 0.05) is 0 Å². The van der Waals surface area contributed by atoms with Crippen LogP contribution in [-0.4, -0.2) is 63.2 Å². The maximum absolute atomic E-state index is 11.4. The van der Waals surface area contributed by atoms with Gasteiger partial charge in [0.25, 0.3) is 0 Å². The highest BCUT2D eigenvalue weighted by Crippen LogP contribution is 2.13. The first-order chi connectivity index (χ1) is 7.83. The highest BCUT2D eigenvalue weighted by atomic mass is 32.2. The number of carbonyl (C=O) groups excluding carboxylic acids is 2. The topological polar surface area (TPSA) is 107 Å². The fourth-order valence-corrected chi connectivity index (χ4v) is 2.02. The van der Waals surface area contributed by atoms with E-state index in [0.717, 1.165) is 6.92 Å². The van der Waals surface area contributed by atoms with Crippen molar-refractivity contribution in [2.75, 3.05) is 24.7 Å². The van der Waals surface area contributed by atoms with Gasteiger partial charge in [-0.1, -0.05) is 0 Å². The molecule has 1 atom stereocenters. The number of amides is 2. The highest BCUT2D eigenvalue weighted by molar-refractivity contribution is 8.00. The Bertz CT molecular complexity index is 344. The van der Waals surface area contributed by atoms with Crippen molar-refractivity contribution < 1.29 is 24.6 Å². The van der Waals surface area contributed by atoms with E-state index in [1.165, 1.54) is 16.7 Å². The Kier molecular flexibility index (Phi) is 4.35. The minimum Gasteiger partial charge on any atom is -0.479 e. The molecule has 1 heterocycles. The van der Waals surface area contributed by atoms with E-state index in [1.54, 1.807) is 0 Å². The number of carbonyl (C=O) groups is 3. The average Bonchev–Trinajstić information content (AvgIpc) is 2.61. The first-order valence-electron chi connectivity index (χ1n) is 4.91. The third kappa shape index (κ3) is 3.90. The van der Waals surface area contributed by atoms with Gasteiger partial charge in [0.15, 0.2) is 5.60 Å². The van der Waals surface area contributed by atoms with Gasteiger partial charge in [-0.05, 0) is 6.92 Å². The Labute approximate surface area is 102 Å². The third-order valence-electron chi connectivity index (χ3n) is 2.25. The van der Waals surface area contributed by atoms with Crippen molar-refractivity contribution in [3.63, 3.8) is 0 Å². The number of hydrogen-bond donors (Lipinski definition) is 3. The second-order valence-electron chi connectivity index (χ2n) is 3.92. The van der Waals surface area contributed by atoms with Gasteiger partial charge in [-0.15, -0.1) is 11.8 Å². The number of nitrogens with zero attached hydrogens (tertiary/aromatic N) is 1. The molecule has 0 aromatic carbocycles. The average molecular weight is 262 g/mol. The number of carboxylic acid groups (broad SMARTS) is 1. The molecule has 1 unspecified atom stereocenters. The molecule has 1 rings (SSSR count). The molecule has 1 fully saturated rings. The third-order valence-corrected chi connectivity index (χ3v) is 3.20. The van der Waals surface area contributed by atoms with Crippen molar-refractivity contribution in [2.24, 2.45) is 0 Å². The van der Waals surface area contributed by atoms with Crippen LogP contribution in [-0.2, 0) is 14.4 Å². The quantitative estimate of drug-likeness (QED) is 0.555. The zero-order valence-corrected chi connectivity index (χ0v) is 10.1. The fourth-order valence-electron chi connectivity index (χ4n) is 1.12. The van der Waals surface area contributed by atoms with Gasteiger partial charge in [0.05, 0.1) is 18.2 Å². The molecule has 8 heteroatoms. The van der Waals surface area contributed by atoms with E-state index in [9.17, 15) is 19.5 Å². The van der Waals surface area contributed by atoms with E-state index in [4.69, 9.17) is 5.11 Å². The predicted octanol–water partition coefficient (Wildman–Crippen LogP) is -1.53. The number of hydrogen-bond acceptors (Lipinski definition) is 5. The standard InChI is InChI=1S/C9H14N2O5S/c1-9(16,8(14)15)4-10-6(12)2-11-5-17-3-7(11)13/h16H,2-5H2,1H3,(H,10,12)(H,14,15). The highest BCUT2D eigenvalue weighted by Gasteiger charge is 2.31. The van der Waals surface area contributed by atoms with Crippen LogP contribution < -0.4 is 5.32 Å². The van der Waals surface area contributed by atoms with Crippen LogP contribution >= 0.6 is 11.8 Å². The molecule has 0 saturated carbocycles. The summed E-state index contributed by atoms with van der Waals surface area (Å²) in [6, 6.07) is 0. The Morgan fingerprint density at radius 1 is 1.59 bits per heavy atom. The van der Waals surface area contributed by atoms with E-state index in [0.29, 0.717) is 11.6 Å². The molecular formula is C9H14N2O5S. The van der Waals surface area contributed by atoms with Crippen LogP contribution in [0, 0.1) is 0 Å². The van der Waals surface area contributed by atoms with Crippen molar-refractivity contribution in [1.82, 2.24) is 10.2 Å². The summed E-state index contributed by atoms with van der Waals surface area (Å²) < 4.78 is 0. The molecule has 0 radical (unpaired) electrons. The summed E-state index contributed by atoms with van der Waals surface area (Å²) in [6.07, 6.45) is 0. The van der Waals surface area contributed by atoms with Gasteiger partial charge in [0.1, 0.15) is 6.54 Å². The molecule has 7 nitrogen and oxygen atoms in total. The first kappa shape index (κ1) is 13.8. The minimum absolute atomic E-state index is 0.110. The lowest BCUT2D eigenvalue weighted by Crippen LogP contribution is -2.48. The molecule has 3 N–H and O–H groups in total. The van der Waals surface area contributed by atoms with Gasteiger partial charge in [-0.3, -0.25) is 9.59 Å². The van der Waals surface area contributed by atoms with Crippen molar-refractivity contribution in [2.45, 2.75) is 12.5 Å². The molecule has 0 aromatic rings. The summed E-state index contributed by atoms with van der Waals surface area (Å²) in [6.45, 7) is 0.588. The summed E-state index contributed by atoms with van der Waals surface area (Å²) in [5.74, 6) is -1.19. The number of aliphatic carboxylic acids is 1. The normalized spacial score (nSPS) is 18.9. The number of aliphatic hydroxyl groups is 1. The Morgan fingerprint density at radius 3 is 2.71 bits per heavy atom. The summed E-state index contributed by atoms with van der Waals surface area (Å²) in [5, 5.41) is 20.2. The molecule has 1 saturated heterocycles. The summed E-state index contributed by atoms with van der Waals surface area (Å²) in [7, 11) is 0. The number of rotatable bonds is 5. The second kappa shape index (κ2) is 5.37.